The van der Waals surface area contributed by atoms with E-state index < -0.39 is 0 Å². The SMILES string of the molecule is OCC1(c2nc(-c3ccc(Br)s3)cs2)CC1. The van der Waals surface area contributed by atoms with Gasteiger partial charge >= 0.3 is 0 Å². The smallest absolute Gasteiger partial charge is 0.102 e. The normalized spacial score (nSPS) is 17.6. The lowest BCUT2D eigenvalue weighted by atomic mass is 10.1. The molecule has 0 aromatic carbocycles. The van der Waals surface area contributed by atoms with Gasteiger partial charge in [0.1, 0.15) is 5.01 Å². The van der Waals surface area contributed by atoms with Gasteiger partial charge in [-0.1, -0.05) is 0 Å². The molecule has 5 heteroatoms. The average molecular weight is 316 g/mol. The maximum atomic E-state index is 9.36. The number of hydrogen-bond donors (Lipinski definition) is 1. The summed E-state index contributed by atoms with van der Waals surface area (Å²) < 4.78 is 1.13. The van der Waals surface area contributed by atoms with Crippen LogP contribution in [-0.2, 0) is 5.41 Å². The molecular weight excluding hydrogens is 306 g/mol. The summed E-state index contributed by atoms with van der Waals surface area (Å²) in [7, 11) is 0. The topological polar surface area (TPSA) is 33.1 Å². The van der Waals surface area contributed by atoms with Gasteiger partial charge in [-0.05, 0) is 40.9 Å². The van der Waals surface area contributed by atoms with E-state index in [1.807, 2.05) is 6.07 Å². The molecule has 0 aliphatic heterocycles. The minimum Gasteiger partial charge on any atom is -0.395 e. The highest BCUT2D eigenvalue weighted by atomic mass is 79.9. The zero-order valence-electron chi connectivity index (χ0n) is 8.44. The molecule has 2 aromatic heterocycles. The molecule has 1 N–H and O–H groups in total. The zero-order valence-corrected chi connectivity index (χ0v) is 11.7. The minimum atomic E-state index is -0.00257. The Morgan fingerprint density at radius 3 is 2.81 bits per heavy atom. The van der Waals surface area contributed by atoms with Crippen LogP contribution in [0.2, 0.25) is 0 Å². The molecule has 0 atom stereocenters. The quantitative estimate of drug-likeness (QED) is 0.937. The number of aromatic nitrogens is 1. The van der Waals surface area contributed by atoms with Gasteiger partial charge in [-0.25, -0.2) is 4.98 Å². The molecule has 0 unspecified atom stereocenters. The average Bonchev–Trinajstić information content (AvgIpc) is 2.74. The standard InChI is InChI=1S/C11H10BrNOS2/c12-9-2-1-8(16-9)7-5-15-10(13-7)11(6-14)3-4-11/h1-2,5,14H,3-4,6H2. The van der Waals surface area contributed by atoms with Crippen LogP contribution in [-0.4, -0.2) is 16.7 Å². The molecule has 1 aliphatic rings. The first-order valence-corrected chi connectivity index (χ1v) is 7.55. The number of aliphatic hydroxyl groups is 1. The van der Waals surface area contributed by atoms with Gasteiger partial charge in [-0.3, -0.25) is 0 Å². The van der Waals surface area contributed by atoms with Gasteiger partial charge in [-0.15, -0.1) is 22.7 Å². The number of rotatable bonds is 3. The predicted octanol–water partition coefficient (Wildman–Crippen LogP) is 3.66. The summed E-state index contributed by atoms with van der Waals surface area (Å²) in [5.74, 6) is 0. The number of hydrogen-bond acceptors (Lipinski definition) is 4. The molecule has 3 rings (SSSR count). The van der Waals surface area contributed by atoms with E-state index in [0.717, 1.165) is 27.3 Å². The van der Waals surface area contributed by atoms with Crippen LogP contribution in [0.4, 0.5) is 0 Å². The summed E-state index contributed by atoms with van der Waals surface area (Å²) in [6.45, 7) is 0.230. The van der Waals surface area contributed by atoms with Gasteiger partial charge in [0.15, 0.2) is 0 Å². The van der Waals surface area contributed by atoms with E-state index in [4.69, 9.17) is 0 Å². The minimum absolute atomic E-state index is 0.00257. The van der Waals surface area contributed by atoms with Gasteiger partial charge in [0.25, 0.3) is 0 Å². The molecule has 2 aromatic rings. The molecule has 1 aliphatic carbocycles. The van der Waals surface area contributed by atoms with Crippen molar-refractivity contribution in [1.29, 1.82) is 0 Å². The van der Waals surface area contributed by atoms with E-state index in [2.05, 4.69) is 32.4 Å². The summed E-state index contributed by atoms with van der Waals surface area (Å²) in [4.78, 5) is 5.83. The summed E-state index contributed by atoms with van der Waals surface area (Å²) in [5.41, 5.74) is 1.03. The summed E-state index contributed by atoms with van der Waals surface area (Å²) in [6, 6.07) is 4.12. The van der Waals surface area contributed by atoms with E-state index >= 15 is 0 Å². The summed E-state index contributed by atoms with van der Waals surface area (Å²) in [6.07, 6.45) is 2.15. The van der Waals surface area contributed by atoms with Crippen LogP contribution in [0.15, 0.2) is 21.3 Å². The second-order valence-electron chi connectivity index (χ2n) is 4.08. The van der Waals surface area contributed by atoms with Gasteiger partial charge in [-0.2, -0.15) is 0 Å². The largest absolute Gasteiger partial charge is 0.395 e. The molecule has 0 amide bonds. The predicted molar refractivity (Wildman–Crippen MR) is 71.1 cm³/mol. The Kier molecular flexibility index (Phi) is 2.66. The first-order chi connectivity index (χ1) is 7.73. The second-order valence-corrected chi connectivity index (χ2v) is 7.40. The molecule has 0 spiro atoms. The van der Waals surface area contributed by atoms with Crippen molar-refractivity contribution in [2.45, 2.75) is 18.3 Å². The third-order valence-corrected chi connectivity index (χ3v) is 5.67. The molecule has 2 nitrogen and oxygen atoms in total. The molecule has 16 heavy (non-hydrogen) atoms. The van der Waals surface area contributed by atoms with Crippen molar-refractivity contribution in [2.75, 3.05) is 6.61 Å². The van der Waals surface area contributed by atoms with Crippen LogP contribution in [0.1, 0.15) is 17.8 Å². The Labute approximate surface area is 110 Å². The van der Waals surface area contributed by atoms with Crippen molar-refractivity contribution in [3.05, 3.63) is 26.3 Å². The number of halogens is 1. The van der Waals surface area contributed by atoms with Crippen LogP contribution in [0, 0.1) is 0 Å². The van der Waals surface area contributed by atoms with Crippen molar-refractivity contribution >= 4 is 38.6 Å². The number of aliphatic hydroxyl groups excluding tert-OH is 1. The molecule has 2 heterocycles. The van der Waals surface area contributed by atoms with E-state index in [9.17, 15) is 5.11 Å². The first kappa shape index (κ1) is 10.9. The maximum absolute atomic E-state index is 9.36. The Morgan fingerprint density at radius 1 is 1.44 bits per heavy atom. The van der Waals surface area contributed by atoms with Gasteiger partial charge in [0.2, 0.25) is 0 Å². The number of thiazole rings is 1. The van der Waals surface area contributed by atoms with Crippen LogP contribution in [0.5, 0.6) is 0 Å². The van der Waals surface area contributed by atoms with Gasteiger partial charge in [0, 0.05) is 10.8 Å². The fourth-order valence-corrected chi connectivity index (χ4v) is 4.17. The molecule has 0 saturated heterocycles. The third-order valence-electron chi connectivity index (χ3n) is 2.94. The van der Waals surface area contributed by atoms with Crippen LogP contribution >= 0.6 is 38.6 Å². The molecular formula is C11H10BrNOS2. The first-order valence-electron chi connectivity index (χ1n) is 5.06. The monoisotopic (exact) mass is 315 g/mol. The lowest BCUT2D eigenvalue weighted by molar-refractivity contribution is 0.255. The lowest BCUT2D eigenvalue weighted by Gasteiger charge is -2.05. The second kappa shape index (κ2) is 3.91. The van der Waals surface area contributed by atoms with Crippen molar-refractivity contribution in [1.82, 2.24) is 4.98 Å². The Morgan fingerprint density at radius 2 is 2.25 bits per heavy atom. The van der Waals surface area contributed by atoms with Crippen molar-refractivity contribution in [3.63, 3.8) is 0 Å². The highest BCUT2D eigenvalue weighted by Gasteiger charge is 2.46. The Balaban J connectivity index is 1.94. The lowest BCUT2D eigenvalue weighted by Crippen LogP contribution is -2.11. The highest BCUT2D eigenvalue weighted by molar-refractivity contribution is 9.11. The van der Waals surface area contributed by atoms with E-state index in [0.29, 0.717) is 0 Å². The summed E-state index contributed by atoms with van der Waals surface area (Å²) >= 11 is 6.81. The number of nitrogens with zero attached hydrogens (tertiary/aromatic N) is 1. The number of thiophene rings is 1. The van der Waals surface area contributed by atoms with Crippen molar-refractivity contribution in [3.8, 4) is 10.6 Å². The van der Waals surface area contributed by atoms with E-state index in [-0.39, 0.29) is 12.0 Å². The van der Waals surface area contributed by atoms with Crippen LogP contribution in [0.25, 0.3) is 10.6 Å². The zero-order chi connectivity index (χ0) is 11.2. The van der Waals surface area contributed by atoms with Crippen LogP contribution < -0.4 is 0 Å². The fourth-order valence-electron chi connectivity index (χ4n) is 1.67. The Bertz CT molecular complexity index is 516. The maximum Gasteiger partial charge on any atom is 0.102 e. The van der Waals surface area contributed by atoms with E-state index in [1.54, 1.807) is 22.7 Å². The molecule has 0 radical (unpaired) electrons. The fraction of sp³-hybridized carbons (Fsp3) is 0.364. The Hall–Kier alpha value is -0.230. The molecule has 1 fully saturated rings. The third kappa shape index (κ3) is 1.76. The molecule has 0 bridgehead atoms. The van der Waals surface area contributed by atoms with E-state index in [1.165, 1.54) is 4.88 Å². The van der Waals surface area contributed by atoms with Crippen molar-refractivity contribution < 1.29 is 5.11 Å². The van der Waals surface area contributed by atoms with Gasteiger partial charge in [0.05, 0.1) is 21.0 Å². The summed E-state index contributed by atoms with van der Waals surface area (Å²) in [5, 5.41) is 12.5. The molecule has 1 saturated carbocycles. The van der Waals surface area contributed by atoms with Crippen molar-refractivity contribution in [2.24, 2.45) is 0 Å². The highest BCUT2D eigenvalue weighted by Crippen LogP contribution is 2.49. The van der Waals surface area contributed by atoms with Crippen LogP contribution in [0.3, 0.4) is 0 Å². The van der Waals surface area contributed by atoms with Gasteiger partial charge < -0.3 is 5.11 Å². The molecule has 84 valence electrons.